The summed E-state index contributed by atoms with van der Waals surface area (Å²) in [6.45, 7) is 8.46. The predicted octanol–water partition coefficient (Wildman–Crippen LogP) is 5.89. The van der Waals surface area contributed by atoms with Crippen molar-refractivity contribution in [2.75, 3.05) is 11.9 Å². The van der Waals surface area contributed by atoms with E-state index in [0.29, 0.717) is 35.2 Å². The van der Waals surface area contributed by atoms with Crippen LogP contribution in [0.2, 0.25) is 0 Å². The van der Waals surface area contributed by atoms with Gasteiger partial charge in [-0.15, -0.1) is 0 Å². The van der Waals surface area contributed by atoms with E-state index in [1.165, 1.54) is 36.0 Å². The van der Waals surface area contributed by atoms with E-state index < -0.39 is 26.6 Å². The number of sulfonamides is 1. The van der Waals surface area contributed by atoms with Crippen molar-refractivity contribution in [1.29, 1.82) is 0 Å². The van der Waals surface area contributed by atoms with Gasteiger partial charge < -0.3 is 14.8 Å². The normalized spacial score (nSPS) is 11.2. The molecule has 0 saturated carbocycles. The summed E-state index contributed by atoms with van der Waals surface area (Å²) in [4.78, 5) is 16.1. The van der Waals surface area contributed by atoms with Gasteiger partial charge in [0.25, 0.3) is 15.9 Å². The van der Waals surface area contributed by atoms with E-state index >= 15 is 0 Å². The van der Waals surface area contributed by atoms with E-state index in [1.807, 2.05) is 42.1 Å². The summed E-state index contributed by atoms with van der Waals surface area (Å²) in [5, 5.41) is 7.19. The van der Waals surface area contributed by atoms with Crippen LogP contribution in [-0.4, -0.2) is 32.0 Å². The van der Waals surface area contributed by atoms with Gasteiger partial charge in [-0.1, -0.05) is 18.7 Å². The van der Waals surface area contributed by atoms with Crippen LogP contribution in [0.15, 0.2) is 89.1 Å². The molecule has 0 spiro atoms. The molecule has 11 heteroatoms. The molecule has 0 aliphatic heterocycles. The second-order valence-electron chi connectivity index (χ2n) is 8.99. The van der Waals surface area contributed by atoms with Crippen molar-refractivity contribution in [1.82, 2.24) is 9.71 Å². The number of rotatable bonds is 12. The van der Waals surface area contributed by atoms with Gasteiger partial charge in [0.15, 0.2) is 0 Å². The highest BCUT2D eigenvalue weighted by Gasteiger charge is 2.22. The average molecular weight is 582 g/mol. The SMILES string of the molecule is C=C(Nc1ccc(C(=O)NS(=O)(=O)c2ccccc2F)cn1)c1cc(OCCc2ccsc2)cc(OC(C)C)c1. The van der Waals surface area contributed by atoms with Crippen molar-refractivity contribution in [2.24, 2.45) is 0 Å². The lowest BCUT2D eigenvalue weighted by molar-refractivity contribution is 0.0981. The number of carbonyl (C=O) groups excluding carboxylic acids is 1. The van der Waals surface area contributed by atoms with E-state index in [4.69, 9.17) is 9.47 Å². The Bertz CT molecular complexity index is 1590. The van der Waals surface area contributed by atoms with Crippen molar-refractivity contribution in [3.05, 3.63) is 107 Å². The van der Waals surface area contributed by atoms with Crippen LogP contribution in [0.5, 0.6) is 11.5 Å². The molecule has 1 amide bonds. The molecule has 0 bridgehead atoms. The predicted molar refractivity (Wildman–Crippen MR) is 154 cm³/mol. The Balaban J connectivity index is 1.43. The summed E-state index contributed by atoms with van der Waals surface area (Å²) in [5.74, 6) is -0.283. The fourth-order valence-electron chi connectivity index (χ4n) is 3.62. The highest BCUT2D eigenvalue weighted by molar-refractivity contribution is 7.90. The first-order chi connectivity index (χ1) is 19.1. The van der Waals surface area contributed by atoms with Gasteiger partial charge in [-0.2, -0.15) is 11.3 Å². The van der Waals surface area contributed by atoms with Crippen molar-refractivity contribution in [2.45, 2.75) is 31.3 Å². The number of pyridine rings is 1. The Labute approximate surface area is 236 Å². The Kier molecular flexibility index (Phi) is 9.18. The number of amides is 1. The van der Waals surface area contributed by atoms with Gasteiger partial charge in [0.2, 0.25) is 0 Å². The van der Waals surface area contributed by atoms with Crippen LogP contribution in [-0.2, 0) is 16.4 Å². The van der Waals surface area contributed by atoms with E-state index in [-0.39, 0.29) is 11.7 Å². The summed E-state index contributed by atoms with van der Waals surface area (Å²) in [5.41, 5.74) is 2.40. The second kappa shape index (κ2) is 12.8. The minimum atomic E-state index is -4.40. The molecule has 2 aromatic carbocycles. The molecule has 0 aliphatic carbocycles. The maximum atomic E-state index is 13.9. The molecule has 0 saturated heterocycles. The van der Waals surface area contributed by atoms with E-state index in [9.17, 15) is 17.6 Å². The van der Waals surface area contributed by atoms with Crippen LogP contribution in [0.25, 0.3) is 5.70 Å². The summed E-state index contributed by atoms with van der Waals surface area (Å²) in [6, 6.07) is 15.2. The van der Waals surface area contributed by atoms with Gasteiger partial charge >= 0.3 is 0 Å². The van der Waals surface area contributed by atoms with Crippen molar-refractivity contribution in [3.63, 3.8) is 0 Å². The Morgan fingerprint density at radius 1 is 1.07 bits per heavy atom. The van der Waals surface area contributed by atoms with Gasteiger partial charge in [0.05, 0.1) is 18.3 Å². The lowest BCUT2D eigenvalue weighted by Crippen LogP contribution is -2.31. The lowest BCUT2D eigenvalue weighted by atomic mass is 10.1. The largest absolute Gasteiger partial charge is 0.493 e. The quantitative estimate of drug-likeness (QED) is 0.215. The molecule has 0 atom stereocenters. The van der Waals surface area contributed by atoms with Crippen LogP contribution in [0.4, 0.5) is 10.2 Å². The van der Waals surface area contributed by atoms with E-state index in [1.54, 1.807) is 11.3 Å². The Hall–Kier alpha value is -4.22. The fourth-order valence-corrected chi connectivity index (χ4v) is 5.38. The summed E-state index contributed by atoms with van der Waals surface area (Å²) >= 11 is 1.64. The number of hydrogen-bond acceptors (Lipinski definition) is 8. The molecule has 0 aliphatic rings. The molecule has 4 rings (SSSR count). The number of aromatic nitrogens is 1. The maximum Gasteiger partial charge on any atom is 0.267 e. The third-order valence-corrected chi connectivity index (χ3v) is 7.59. The first-order valence-corrected chi connectivity index (χ1v) is 14.7. The summed E-state index contributed by atoms with van der Waals surface area (Å²) < 4.78 is 52.5. The van der Waals surface area contributed by atoms with Gasteiger partial charge in [-0.3, -0.25) is 4.79 Å². The minimum Gasteiger partial charge on any atom is -0.493 e. The fraction of sp³-hybridized carbons (Fsp3) is 0.172. The molecular formula is C29H28FN3O5S2. The van der Waals surface area contributed by atoms with Crippen molar-refractivity contribution < 1.29 is 27.1 Å². The van der Waals surface area contributed by atoms with Crippen LogP contribution >= 0.6 is 11.3 Å². The van der Waals surface area contributed by atoms with Crippen molar-refractivity contribution >= 4 is 38.8 Å². The van der Waals surface area contributed by atoms with Gasteiger partial charge in [0, 0.05) is 29.9 Å². The Morgan fingerprint density at radius 2 is 1.85 bits per heavy atom. The number of nitrogens with one attached hydrogen (secondary N) is 2. The smallest absolute Gasteiger partial charge is 0.267 e. The molecule has 0 unspecified atom stereocenters. The second-order valence-corrected chi connectivity index (χ2v) is 11.4. The minimum absolute atomic E-state index is 0.0234. The van der Waals surface area contributed by atoms with E-state index in [2.05, 4.69) is 28.3 Å². The maximum absolute atomic E-state index is 13.9. The van der Waals surface area contributed by atoms with E-state index in [0.717, 1.165) is 18.6 Å². The molecule has 2 aromatic heterocycles. The number of carbonyl (C=O) groups is 1. The summed E-state index contributed by atoms with van der Waals surface area (Å²) in [6.07, 6.45) is 1.94. The van der Waals surface area contributed by atoms with Crippen molar-refractivity contribution in [3.8, 4) is 11.5 Å². The molecule has 0 radical (unpaired) electrons. The van der Waals surface area contributed by atoms with Gasteiger partial charge in [-0.25, -0.2) is 22.5 Å². The van der Waals surface area contributed by atoms with Gasteiger partial charge in [-0.05, 0) is 72.6 Å². The molecule has 40 heavy (non-hydrogen) atoms. The highest BCUT2D eigenvalue weighted by atomic mass is 32.2. The third-order valence-electron chi connectivity index (χ3n) is 5.50. The topological polar surface area (TPSA) is 107 Å². The molecule has 4 aromatic rings. The van der Waals surface area contributed by atoms with Crippen LogP contribution < -0.4 is 19.5 Å². The zero-order valence-corrected chi connectivity index (χ0v) is 23.5. The third kappa shape index (κ3) is 7.67. The Morgan fingerprint density at radius 3 is 2.52 bits per heavy atom. The zero-order valence-electron chi connectivity index (χ0n) is 21.9. The molecule has 208 valence electrons. The first kappa shape index (κ1) is 28.8. The average Bonchev–Trinajstić information content (AvgIpc) is 3.42. The molecule has 0 fully saturated rings. The monoisotopic (exact) mass is 581 g/mol. The molecule has 2 N–H and O–H groups in total. The lowest BCUT2D eigenvalue weighted by Gasteiger charge is -2.16. The number of benzene rings is 2. The van der Waals surface area contributed by atoms with Gasteiger partial charge in [0.1, 0.15) is 28.0 Å². The first-order valence-electron chi connectivity index (χ1n) is 12.3. The molecular weight excluding hydrogens is 553 g/mol. The van der Waals surface area contributed by atoms with Crippen LogP contribution in [0.3, 0.4) is 0 Å². The number of nitrogens with zero attached hydrogens (tertiary/aromatic N) is 1. The van der Waals surface area contributed by atoms with Crippen LogP contribution in [0.1, 0.15) is 35.3 Å². The number of ether oxygens (including phenoxy) is 2. The number of thiophene rings is 1. The standard InChI is InChI=1S/C29H28FN3O5S2/c1-19(2)38-25-15-23(14-24(16-25)37-12-10-21-11-13-39-18-21)20(3)32-28-9-8-22(17-31-28)29(34)33-40(35,36)27-7-5-4-6-26(27)30/h4-9,11,13-19H,3,10,12H2,1-2H3,(H,31,32)(H,33,34). The highest BCUT2D eigenvalue weighted by Crippen LogP contribution is 2.28. The molecule has 8 nitrogen and oxygen atoms in total. The van der Waals surface area contributed by atoms with Crippen LogP contribution in [0, 0.1) is 5.82 Å². The number of anilines is 1. The summed E-state index contributed by atoms with van der Waals surface area (Å²) in [7, 11) is -4.40. The number of halogens is 1. The molecule has 2 heterocycles. The number of hydrogen-bond donors (Lipinski definition) is 2. The zero-order chi connectivity index (χ0) is 28.7.